The predicted octanol–water partition coefficient (Wildman–Crippen LogP) is 5.43. The van der Waals surface area contributed by atoms with Crippen LogP contribution in [0.2, 0.25) is 0 Å². The molecule has 0 saturated heterocycles. The van der Waals surface area contributed by atoms with E-state index in [0.29, 0.717) is 6.04 Å². The van der Waals surface area contributed by atoms with Crippen molar-refractivity contribution in [1.82, 2.24) is 5.32 Å². The molecule has 0 aromatic heterocycles. The van der Waals surface area contributed by atoms with E-state index >= 15 is 0 Å². The van der Waals surface area contributed by atoms with E-state index in [1.807, 2.05) is 0 Å². The highest BCUT2D eigenvalue weighted by molar-refractivity contribution is 5.29. The summed E-state index contributed by atoms with van der Waals surface area (Å²) < 4.78 is 0. The van der Waals surface area contributed by atoms with Gasteiger partial charge < -0.3 is 5.32 Å². The topological polar surface area (TPSA) is 12.0 Å². The SMILES string of the molecule is CCC1CCC(C(NC)c2ccc(C3CCC3)cc2)CC1. The molecule has 1 nitrogen and oxygen atoms in total. The first-order chi connectivity index (χ1) is 10.3. The lowest BCUT2D eigenvalue weighted by Crippen LogP contribution is -2.28. The van der Waals surface area contributed by atoms with E-state index in [1.165, 1.54) is 56.9 Å². The van der Waals surface area contributed by atoms with Crippen molar-refractivity contribution in [3.63, 3.8) is 0 Å². The lowest BCUT2D eigenvalue weighted by atomic mass is 9.75. The molecule has 2 aliphatic carbocycles. The third-order valence-electron chi connectivity index (χ3n) is 6.12. The first-order valence-electron chi connectivity index (χ1n) is 9.09. The number of hydrogen-bond donors (Lipinski definition) is 1. The van der Waals surface area contributed by atoms with Gasteiger partial charge in [0.25, 0.3) is 0 Å². The van der Waals surface area contributed by atoms with Crippen molar-refractivity contribution in [2.24, 2.45) is 11.8 Å². The highest BCUT2D eigenvalue weighted by atomic mass is 14.9. The zero-order valence-corrected chi connectivity index (χ0v) is 13.8. The summed E-state index contributed by atoms with van der Waals surface area (Å²) in [7, 11) is 2.14. The normalized spacial score (nSPS) is 28.1. The summed E-state index contributed by atoms with van der Waals surface area (Å²) in [6, 6.07) is 10.1. The Morgan fingerprint density at radius 1 is 1.00 bits per heavy atom. The maximum absolute atomic E-state index is 3.60. The van der Waals surface area contributed by atoms with Gasteiger partial charge in [-0.3, -0.25) is 0 Å². The zero-order chi connectivity index (χ0) is 14.7. The van der Waals surface area contributed by atoms with Gasteiger partial charge in [0, 0.05) is 6.04 Å². The smallest absolute Gasteiger partial charge is 0.0346 e. The molecule has 0 radical (unpaired) electrons. The molecule has 1 aromatic carbocycles. The van der Waals surface area contributed by atoms with Crippen molar-refractivity contribution in [2.45, 2.75) is 70.3 Å². The molecular formula is C20H31N. The van der Waals surface area contributed by atoms with Crippen LogP contribution in [-0.2, 0) is 0 Å². The van der Waals surface area contributed by atoms with Gasteiger partial charge in [-0.1, -0.05) is 56.9 Å². The van der Waals surface area contributed by atoms with Crippen molar-refractivity contribution < 1.29 is 0 Å². The third kappa shape index (κ3) is 3.34. The van der Waals surface area contributed by atoms with Crippen LogP contribution in [-0.4, -0.2) is 7.05 Å². The molecule has 0 amide bonds. The van der Waals surface area contributed by atoms with E-state index in [1.54, 1.807) is 5.56 Å². The van der Waals surface area contributed by atoms with Gasteiger partial charge in [0.15, 0.2) is 0 Å². The second-order valence-corrected chi connectivity index (χ2v) is 7.25. The Kier molecular flexibility index (Phi) is 5.00. The minimum atomic E-state index is 0.554. The Morgan fingerprint density at radius 2 is 1.67 bits per heavy atom. The summed E-state index contributed by atoms with van der Waals surface area (Å²) in [6.45, 7) is 2.35. The van der Waals surface area contributed by atoms with Gasteiger partial charge in [-0.05, 0) is 61.6 Å². The van der Waals surface area contributed by atoms with Gasteiger partial charge in [-0.25, -0.2) is 0 Å². The van der Waals surface area contributed by atoms with Crippen molar-refractivity contribution >= 4 is 0 Å². The molecular weight excluding hydrogens is 254 g/mol. The largest absolute Gasteiger partial charge is 0.313 e. The van der Waals surface area contributed by atoms with Crippen molar-refractivity contribution in [2.75, 3.05) is 7.05 Å². The molecule has 1 N–H and O–H groups in total. The molecule has 0 spiro atoms. The first-order valence-corrected chi connectivity index (χ1v) is 9.09. The van der Waals surface area contributed by atoms with Crippen LogP contribution in [0.25, 0.3) is 0 Å². The Bertz CT molecular complexity index is 424. The van der Waals surface area contributed by atoms with E-state index in [0.717, 1.165) is 17.8 Å². The summed E-state index contributed by atoms with van der Waals surface area (Å²) >= 11 is 0. The minimum Gasteiger partial charge on any atom is -0.313 e. The van der Waals surface area contributed by atoms with Gasteiger partial charge >= 0.3 is 0 Å². The minimum absolute atomic E-state index is 0.554. The first kappa shape index (κ1) is 15.1. The van der Waals surface area contributed by atoms with Gasteiger partial charge in [-0.15, -0.1) is 0 Å². The van der Waals surface area contributed by atoms with Crippen LogP contribution in [0.3, 0.4) is 0 Å². The van der Waals surface area contributed by atoms with E-state index in [-0.39, 0.29) is 0 Å². The summed E-state index contributed by atoms with van der Waals surface area (Å²) in [5.74, 6) is 2.67. The van der Waals surface area contributed by atoms with Crippen LogP contribution >= 0.6 is 0 Å². The van der Waals surface area contributed by atoms with Crippen LogP contribution in [0.15, 0.2) is 24.3 Å². The molecule has 2 saturated carbocycles. The molecule has 2 aliphatic rings. The van der Waals surface area contributed by atoms with Gasteiger partial charge in [0.05, 0.1) is 0 Å². The summed E-state index contributed by atoms with van der Waals surface area (Å²) in [4.78, 5) is 0. The predicted molar refractivity (Wildman–Crippen MR) is 90.6 cm³/mol. The number of nitrogens with one attached hydrogen (secondary N) is 1. The highest BCUT2D eigenvalue weighted by Crippen LogP contribution is 2.39. The molecule has 1 unspecified atom stereocenters. The highest BCUT2D eigenvalue weighted by Gasteiger charge is 2.27. The van der Waals surface area contributed by atoms with Gasteiger partial charge in [0.1, 0.15) is 0 Å². The van der Waals surface area contributed by atoms with Crippen molar-refractivity contribution in [3.05, 3.63) is 35.4 Å². The van der Waals surface area contributed by atoms with Gasteiger partial charge in [0.2, 0.25) is 0 Å². The maximum Gasteiger partial charge on any atom is 0.0346 e. The molecule has 0 aliphatic heterocycles. The third-order valence-corrected chi connectivity index (χ3v) is 6.12. The lowest BCUT2D eigenvalue weighted by molar-refractivity contribution is 0.224. The maximum atomic E-state index is 3.60. The molecule has 21 heavy (non-hydrogen) atoms. The van der Waals surface area contributed by atoms with Crippen LogP contribution in [0.5, 0.6) is 0 Å². The zero-order valence-electron chi connectivity index (χ0n) is 13.8. The van der Waals surface area contributed by atoms with Gasteiger partial charge in [-0.2, -0.15) is 0 Å². The molecule has 1 aromatic rings. The van der Waals surface area contributed by atoms with E-state index in [9.17, 15) is 0 Å². The average Bonchev–Trinajstić information content (AvgIpc) is 2.49. The fraction of sp³-hybridized carbons (Fsp3) is 0.700. The molecule has 1 atom stereocenters. The monoisotopic (exact) mass is 285 g/mol. The Morgan fingerprint density at radius 3 is 2.14 bits per heavy atom. The molecule has 3 rings (SSSR count). The standard InChI is InChI=1S/C20H31N/c1-3-15-7-9-18(10-8-15)20(21-2)19-13-11-17(12-14-19)16-5-4-6-16/h11-16,18,20-21H,3-10H2,1-2H3. The second-order valence-electron chi connectivity index (χ2n) is 7.25. The molecule has 0 bridgehead atoms. The van der Waals surface area contributed by atoms with Crippen LogP contribution in [0, 0.1) is 11.8 Å². The number of benzene rings is 1. The lowest BCUT2D eigenvalue weighted by Gasteiger charge is -2.34. The average molecular weight is 285 g/mol. The number of hydrogen-bond acceptors (Lipinski definition) is 1. The van der Waals surface area contributed by atoms with E-state index < -0.39 is 0 Å². The van der Waals surface area contributed by atoms with Crippen LogP contribution in [0.1, 0.15) is 81.4 Å². The fourth-order valence-corrected chi connectivity index (χ4v) is 4.32. The van der Waals surface area contributed by atoms with Crippen molar-refractivity contribution in [1.29, 1.82) is 0 Å². The summed E-state index contributed by atoms with van der Waals surface area (Å²) in [6.07, 6.45) is 11.2. The second kappa shape index (κ2) is 6.96. The summed E-state index contributed by atoms with van der Waals surface area (Å²) in [5.41, 5.74) is 3.06. The quantitative estimate of drug-likeness (QED) is 0.760. The Hall–Kier alpha value is -0.820. The summed E-state index contributed by atoms with van der Waals surface area (Å²) in [5, 5.41) is 3.60. The number of rotatable bonds is 5. The van der Waals surface area contributed by atoms with Crippen molar-refractivity contribution in [3.8, 4) is 0 Å². The van der Waals surface area contributed by atoms with Crippen LogP contribution < -0.4 is 5.32 Å². The Balaban J connectivity index is 1.65. The Labute approximate surface area is 130 Å². The fourth-order valence-electron chi connectivity index (χ4n) is 4.32. The molecule has 0 heterocycles. The van der Waals surface area contributed by atoms with E-state index in [2.05, 4.69) is 43.6 Å². The molecule has 1 heteroatoms. The van der Waals surface area contributed by atoms with E-state index in [4.69, 9.17) is 0 Å². The molecule has 116 valence electrons. The molecule has 2 fully saturated rings. The van der Waals surface area contributed by atoms with Crippen LogP contribution in [0.4, 0.5) is 0 Å².